The topological polar surface area (TPSA) is 89.9 Å². The number of ketones is 1. The molecule has 5 rings (SSSR count). The Labute approximate surface area is 185 Å². The van der Waals surface area contributed by atoms with Gasteiger partial charge in [-0.1, -0.05) is 30.3 Å². The Hall–Kier alpha value is -3.87. The maximum absolute atomic E-state index is 12.7. The van der Waals surface area contributed by atoms with Gasteiger partial charge < -0.3 is 4.74 Å². The predicted octanol–water partition coefficient (Wildman–Crippen LogP) is 4.78. The average Bonchev–Trinajstić information content (AvgIpc) is 2.80. The number of hydrogen-bond donors (Lipinski definition) is 1. The summed E-state index contributed by atoms with van der Waals surface area (Å²) in [5.74, 6) is 1.80. The number of nitrogens with zero attached hydrogens (tertiary/aromatic N) is 4. The van der Waals surface area contributed by atoms with E-state index < -0.39 is 0 Å². The van der Waals surface area contributed by atoms with Crippen LogP contribution >= 0.6 is 0 Å². The van der Waals surface area contributed by atoms with E-state index in [0.29, 0.717) is 36.9 Å². The molecule has 2 heterocycles. The molecule has 160 valence electrons. The second kappa shape index (κ2) is 8.34. The highest BCUT2D eigenvalue weighted by molar-refractivity contribution is 5.98. The van der Waals surface area contributed by atoms with Gasteiger partial charge in [0, 0.05) is 18.0 Å². The van der Waals surface area contributed by atoms with Gasteiger partial charge in [-0.2, -0.15) is 0 Å². The zero-order chi connectivity index (χ0) is 22.1. The molecular formula is C25H23N5O2. The van der Waals surface area contributed by atoms with Crippen LogP contribution in [-0.2, 0) is 6.42 Å². The third kappa shape index (κ3) is 3.89. The lowest BCUT2D eigenvalue weighted by Crippen LogP contribution is -2.21. The normalized spacial score (nSPS) is 15.4. The summed E-state index contributed by atoms with van der Waals surface area (Å²) in [4.78, 5) is 30.8. The molecular weight excluding hydrogens is 402 g/mol. The van der Waals surface area contributed by atoms with Crippen molar-refractivity contribution in [3.63, 3.8) is 0 Å². The molecule has 1 N–H and O–H groups in total. The van der Waals surface area contributed by atoms with Crippen LogP contribution in [0.2, 0.25) is 0 Å². The lowest BCUT2D eigenvalue weighted by molar-refractivity contribution is 0.0962. The summed E-state index contributed by atoms with van der Waals surface area (Å²) in [5, 5.41) is 4.04. The summed E-state index contributed by atoms with van der Waals surface area (Å²) in [7, 11) is 0. The molecule has 32 heavy (non-hydrogen) atoms. The number of carbonyl (C=O) groups is 1. The molecule has 2 aromatic carbocycles. The maximum atomic E-state index is 12.7. The molecule has 0 aliphatic heterocycles. The number of aromatic nitrogens is 4. The van der Waals surface area contributed by atoms with Crippen molar-refractivity contribution in [2.75, 3.05) is 11.9 Å². The van der Waals surface area contributed by atoms with Gasteiger partial charge in [0.2, 0.25) is 11.9 Å². The van der Waals surface area contributed by atoms with E-state index in [1.165, 1.54) is 0 Å². The van der Waals surface area contributed by atoms with Gasteiger partial charge in [0.25, 0.3) is 0 Å². The SMILES string of the molecule is CCOc1ccc2nc(Nc3ncc4c(n3)CC(c3ccccc3)CC4=O)nc(C)c2c1. The monoisotopic (exact) mass is 425 g/mol. The summed E-state index contributed by atoms with van der Waals surface area (Å²) in [6.45, 7) is 4.49. The van der Waals surface area contributed by atoms with Crippen molar-refractivity contribution in [1.29, 1.82) is 0 Å². The number of aryl methyl sites for hydroxylation is 1. The molecule has 0 amide bonds. The van der Waals surface area contributed by atoms with Crippen LogP contribution in [0.1, 0.15) is 46.6 Å². The number of Topliss-reactive ketones (excluding diaryl/α,β-unsaturated/α-hetero) is 1. The van der Waals surface area contributed by atoms with Gasteiger partial charge >= 0.3 is 0 Å². The summed E-state index contributed by atoms with van der Waals surface area (Å²) in [6, 6.07) is 15.9. The molecule has 0 fully saturated rings. The number of fused-ring (bicyclic) bond motifs is 2. The van der Waals surface area contributed by atoms with Gasteiger partial charge in [-0.25, -0.2) is 19.9 Å². The van der Waals surface area contributed by atoms with Gasteiger partial charge in [-0.05, 0) is 49.9 Å². The fourth-order valence-corrected chi connectivity index (χ4v) is 4.14. The maximum Gasteiger partial charge on any atom is 0.230 e. The van der Waals surface area contributed by atoms with Crippen LogP contribution in [0.25, 0.3) is 10.9 Å². The van der Waals surface area contributed by atoms with Crippen molar-refractivity contribution in [2.24, 2.45) is 0 Å². The van der Waals surface area contributed by atoms with Crippen LogP contribution in [0.3, 0.4) is 0 Å². The fraction of sp³-hybridized carbons (Fsp3) is 0.240. The van der Waals surface area contributed by atoms with Gasteiger partial charge in [0.05, 0.1) is 29.1 Å². The molecule has 0 spiro atoms. The molecule has 0 radical (unpaired) electrons. The third-order valence-corrected chi connectivity index (χ3v) is 5.70. The molecule has 1 aliphatic carbocycles. The van der Waals surface area contributed by atoms with Crippen molar-refractivity contribution < 1.29 is 9.53 Å². The Balaban J connectivity index is 1.42. The molecule has 7 heteroatoms. The number of hydrogen-bond acceptors (Lipinski definition) is 7. The van der Waals surface area contributed by atoms with Crippen LogP contribution < -0.4 is 10.1 Å². The van der Waals surface area contributed by atoms with Crippen molar-refractivity contribution in [3.8, 4) is 5.75 Å². The standard InChI is InChI=1S/C25H23N5O2/c1-3-32-18-9-10-21-19(13-18)15(2)27-25(28-21)30-24-26-14-20-22(29-24)11-17(12-23(20)31)16-7-5-4-6-8-16/h4-10,13-14,17H,3,11-12H2,1-2H3,(H,26,27,28,29,30). The minimum absolute atomic E-state index is 0.0783. The molecule has 1 atom stereocenters. The summed E-state index contributed by atoms with van der Waals surface area (Å²) >= 11 is 0. The average molecular weight is 425 g/mol. The minimum Gasteiger partial charge on any atom is -0.494 e. The lowest BCUT2D eigenvalue weighted by atomic mass is 9.82. The first-order valence-corrected chi connectivity index (χ1v) is 10.7. The van der Waals surface area contributed by atoms with Gasteiger partial charge in [0.1, 0.15) is 5.75 Å². The van der Waals surface area contributed by atoms with Gasteiger partial charge in [0.15, 0.2) is 5.78 Å². The minimum atomic E-state index is 0.0783. The Bertz CT molecular complexity index is 1310. The van der Waals surface area contributed by atoms with Crippen molar-refractivity contribution in [2.45, 2.75) is 32.6 Å². The van der Waals surface area contributed by atoms with Crippen LogP contribution in [0.5, 0.6) is 5.75 Å². The van der Waals surface area contributed by atoms with Crippen molar-refractivity contribution >= 4 is 28.6 Å². The van der Waals surface area contributed by atoms with E-state index in [-0.39, 0.29) is 11.7 Å². The van der Waals surface area contributed by atoms with Crippen LogP contribution in [0.15, 0.2) is 54.7 Å². The number of carbonyl (C=O) groups excluding carboxylic acids is 1. The Morgan fingerprint density at radius 3 is 2.69 bits per heavy atom. The zero-order valence-corrected chi connectivity index (χ0v) is 18.0. The Kier molecular flexibility index (Phi) is 5.23. The van der Waals surface area contributed by atoms with E-state index in [2.05, 4.69) is 37.4 Å². The number of ether oxygens (including phenoxy) is 1. The highest BCUT2D eigenvalue weighted by Crippen LogP contribution is 2.32. The number of nitrogens with one attached hydrogen (secondary N) is 1. The first-order valence-electron chi connectivity index (χ1n) is 10.7. The Morgan fingerprint density at radius 1 is 1.03 bits per heavy atom. The predicted molar refractivity (Wildman–Crippen MR) is 123 cm³/mol. The van der Waals surface area contributed by atoms with E-state index in [9.17, 15) is 4.79 Å². The molecule has 2 aromatic heterocycles. The molecule has 1 unspecified atom stereocenters. The van der Waals surface area contributed by atoms with Crippen molar-refractivity contribution in [3.05, 3.63) is 77.2 Å². The highest BCUT2D eigenvalue weighted by atomic mass is 16.5. The summed E-state index contributed by atoms with van der Waals surface area (Å²) in [6.07, 6.45) is 2.78. The largest absolute Gasteiger partial charge is 0.494 e. The van der Waals surface area contributed by atoms with Crippen LogP contribution in [-0.4, -0.2) is 32.3 Å². The summed E-state index contributed by atoms with van der Waals surface area (Å²) < 4.78 is 5.58. The Morgan fingerprint density at radius 2 is 1.88 bits per heavy atom. The first kappa shape index (κ1) is 20.1. The van der Waals surface area contributed by atoms with Gasteiger partial charge in [-0.3, -0.25) is 10.1 Å². The quantitative estimate of drug-likeness (QED) is 0.492. The van der Waals surface area contributed by atoms with E-state index in [4.69, 9.17) is 4.74 Å². The second-order valence-corrected chi connectivity index (χ2v) is 7.86. The zero-order valence-electron chi connectivity index (χ0n) is 18.0. The molecule has 4 aromatic rings. The van der Waals surface area contributed by atoms with E-state index in [1.54, 1.807) is 6.20 Å². The van der Waals surface area contributed by atoms with E-state index in [1.807, 2.05) is 50.2 Å². The second-order valence-electron chi connectivity index (χ2n) is 7.86. The van der Waals surface area contributed by atoms with E-state index in [0.717, 1.165) is 33.6 Å². The summed E-state index contributed by atoms with van der Waals surface area (Å²) in [5.41, 5.74) is 4.14. The molecule has 0 saturated carbocycles. The number of benzene rings is 2. The smallest absolute Gasteiger partial charge is 0.230 e. The number of anilines is 2. The van der Waals surface area contributed by atoms with Gasteiger partial charge in [-0.15, -0.1) is 0 Å². The third-order valence-electron chi connectivity index (χ3n) is 5.70. The molecule has 0 bridgehead atoms. The van der Waals surface area contributed by atoms with Crippen LogP contribution in [0, 0.1) is 6.92 Å². The number of rotatable bonds is 5. The lowest BCUT2D eigenvalue weighted by Gasteiger charge is -2.23. The van der Waals surface area contributed by atoms with Crippen LogP contribution in [0.4, 0.5) is 11.9 Å². The first-order chi connectivity index (χ1) is 15.6. The fourth-order valence-electron chi connectivity index (χ4n) is 4.14. The molecule has 1 aliphatic rings. The van der Waals surface area contributed by atoms with Crippen molar-refractivity contribution in [1.82, 2.24) is 19.9 Å². The molecule has 7 nitrogen and oxygen atoms in total. The van der Waals surface area contributed by atoms with E-state index >= 15 is 0 Å². The highest BCUT2D eigenvalue weighted by Gasteiger charge is 2.28. The molecule has 0 saturated heterocycles.